The van der Waals surface area contributed by atoms with Crippen molar-refractivity contribution in [3.05, 3.63) is 34.9 Å². The van der Waals surface area contributed by atoms with Gasteiger partial charge in [-0.25, -0.2) is 0 Å². The standard InChI is InChI=1S/C17H21ClN2O2.ClH/c18-13-4-1-11(2-5-13)16(21)7-8-17(22)20-9-12-3-6-15(19)14(12)10-20;/h1-2,4-5,12,14-15H,3,6-10,19H2;1H. The number of likely N-dealkylation sites (tertiary alicyclic amines) is 1. The zero-order valence-electron chi connectivity index (χ0n) is 12.9. The van der Waals surface area contributed by atoms with Gasteiger partial charge in [-0.3, -0.25) is 9.59 Å². The lowest BCUT2D eigenvalue weighted by atomic mass is 9.98. The molecule has 4 nitrogen and oxygen atoms in total. The Balaban J connectivity index is 0.00000192. The zero-order chi connectivity index (χ0) is 15.7. The molecule has 2 N–H and O–H groups in total. The smallest absolute Gasteiger partial charge is 0.223 e. The van der Waals surface area contributed by atoms with Gasteiger partial charge in [0.25, 0.3) is 0 Å². The Bertz CT molecular complexity index is 576. The highest BCUT2D eigenvalue weighted by molar-refractivity contribution is 6.30. The third kappa shape index (κ3) is 4.06. The summed E-state index contributed by atoms with van der Waals surface area (Å²) in [7, 11) is 0. The minimum absolute atomic E-state index is 0. The van der Waals surface area contributed by atoms with Crippen LogP contribution in [-0.4, -0.2) is 35.7 Å². The van der Waals surface area contributed by atoms with E-state index in [4.69, 9.17) is 17.3 Å². The quantitative estimate of drug-likeness (QED) is 0.843. The van der Waals surface area contributed by atoms with Crippen LogP contribution in [0, 0.1) is 11.8 Å². The van der Waals surface area contributed by atoms with E-state index in [-0.39, 0.29) is 43.0 Å². The Kier molecular flexibility index (Phi) is 6.06. The van der Waals surface area contributed by atoms with Crippen LogP contribution in [0.2, 0.25) is 5.02 Å². The molecule has 1 aliphatic heterocycles. The molecule has 1 aromatic rings. The van der Waals surface area contributed by atoms with E-state index in [0.29, 0.717) is 22.4 Å². The van der Waals surface area contributed by atoms with E-state index < -0.39 is 0 Å². The van der Waals surface area contributed by atoms with Crippen molar-refractivity contribution in [2.45, 2.75) is 31.7 Å². The molecule has 3 rings (SSSR count). The summed E-state index contributed by atoms with van der Waals surface area (Å²) in [5.41, 5.74) is 6.70. The molecule has 1 saturated heterocycles. The molecule has 23 heavy (non-hydrogen) atoms. The number of benzene rings is 1. The Hall–Kier alpha value is -1.10. The first-order valence-electron chi connectivity index (χ1n) is 7.86. The van der Waals surface area contributed by atoms with Gasteiger partial charge in [0.1, 0.15) is 0 Å². The third-order valence-corrected chi connectivity index (χ3v) is 5.25. The maximum Gasteiger partial charge on any atom is 0.223 e. The fourth-order valence-electron chi connectivity index (χ4n) is 3.67. The molecule has 1 aromatic carbocycles. The van der Waals surface area contributed by atoms with Gasteiger partial charge in [0.15, 0.2) is 5.78 Å². The molecule has 3 atom stereocenters. The minimum Gasteiger partial charge on any atom is -0.342 e. The maximum atomic E-state index is 12.3. The summed E-state index contributed by atoms with van der Waals surface area (Å²) in [4.78, 5) is 26.3. The number of nitrogens with two attached hydrogens (primary N) is 1. The molecule has 1 saturated carbocycles. The molecule has 0 bridgehead atoms. The molecule has 6 heteroatoms. The fourth-order valence-corrected chi connectivity index (χ4v) is 3.80. The molecule has 2 aliphatic rings. The number of hydrogen-bond acceptors (Lipinski definition) is 3. The summed E-state index contributed by atoms with van der Waals surface area (Å²) in [5.74, 6) is 1.08. The van der Waals surface area contributed by atoms with Crippen molar-refractivity contribution in [1.82, 2.24) is 4.90 Å². The third-order valence-electron chi connectivity index (χ3n) is 5.00. The fraction of sp³-hybridized carbons (Fsp3) is 0.529. The number of ketones is 1. The van der Waals surface area contributed by atoms with E-state index in [0.717, 1.165) is 25.9 Å². The number of hydrogen-bond donors (Lipinski definition) is 1. The van der Waals surface area contributed by atoms with Crippen LogP contribution in [0.1, 0.15) is 36.0 Å². The van der Waals surface area contributed by atoms with Gasteiger partial charge < -0.3 is 10.6 Å². The molecule has 0 spiro atoms. The first-order valence-corrected chi connectivity index (χ1v) is 8.24. The van der Waals surface area contributed by atoms with E-state index >= 15 is 0 Å². The van der Waals surface area contributed by atoms with Gasteiger partial charge in [-0.15, -0.1) is 12.4 Å². The molecule has 2 fully saturated rings. The van der Waals surface area contributed by atoms with Crippen molar-refractivity contribution < 1.29 is 9.59 Å². The Labute approximate surface area is 147 Å². The van der Waals surface area contributed by atoms with Crippen molar-refractivity contribution in [1.29, 1.82) is 0 Å². The van der Waals surface area contributed by atoms with Gasteiger partial charge in [0.05, 0.1) is 0 Å². The van der Waals surface area contributed by atoms with Gasteiger partial charge in [-0.2, -0.15) is 0 Å². The number of fused-ring (bicyclic) bond motifs is 1. The minimum atomic E-state index is -0.0129. The summed E-state index contributed by atoms with van der Waals surface area (Å²) in [6.45, 7) is 1.58. The SMILES string of the molecule is Cl.NC1CCC2CN(C(=O)CCC(=O)c3ccc(Cl)cc3)CC12. The van der Waals surface area contributed by atoms with E-state index in [2.05, 4.69) is 0 Å². The number of halogens is 2. The van der Waals surface area contributed by atoms with E-state index in [1.165, 1.54) is 0 Å². The van der Waals surface area contributed by atoms with Gasteiger partial charge in [-0.05, 0) is 48.9 Å². The van der Waals surface area contributed by atoms with Crippen molar-refractivity contribution >= 4 is 35.7 Å². The summed E-state index contributed by atoms with van der Waals surface area (Å²) in [5, 5.41) is 0.604. The predicted molar refractivity (Wildman–Crippen MR) is 93.0 cm³/mol. The second-order valence-electron chi connectivity index (χ2n) is 6.39. The molecule has 1 heterocycles. The molecule has 3 unspecified atom stereocenters. The van der Waals surface area contributed by atoms with E-state index in [1.807, 2.05) is 4.90 Å². The Morgan fingerprint density at radius 3 is 2.48 bits per heavy atom. The summed E-state index contributed by atoms with van der Waals surface area (Å²) in [6.07, 6.45) is 2.72. The number of rotatable bonds is 4. The first-order chi connectivity index (χ1) is 10.5. The average Bonchev–Trinajstić information content (AvgIpc) is 3.08. The van der Waals surface area contributed by atoms with E-state index in [9.17, 15) is 9.59 Å². The molecule has 1 aliphatic carbocycles. The van der Waals surface area contributed by atoms with Crippen molar-refractivity contribution in [2.75, 3.05) is 13.1 Å². The van der Waals surface area contributed by atoms with Gasteiger partial charge in [-0.1, -0.05) is 11.6 Å². The zero-order valence-corrected chi connectivity index (χ0v) is 14.5. The summed E-state index contributed by atoms with van der Waals surface area (Å²) in [6, 6.07) is 7.03. The number of carbonyl (C=O) groups excluding carboxylic acids is 2. The number of nitrogens with zero attached hydrogens (tertiary/aromatic N) is 1. The number of amides is 1. The summed E-state index contributed by atoms with van der Waals surface area (Å²) >= 11 is 5.81. The normalized spacial score (nSPS) is 25.8. The van der Waals surface area contributed by atoms with Crippen LogP contribution in [0.3, 0.4) is 0 Å². The van der Waals surface area contributed by atoms with E-state index in [1.54, 1.807) is 24.3 Å². The van der Waals surface area contributed by atoms with Crippen LogP contribution in [0.5, 0.6) is 0 Å². The topological polar surface area (TPSA) is 63.4 Å². The lowest BCUT2D eigenvalue weighted by Gasteiger charge is -2.18. The summed E-state index contributed by atoms with van der Waals surface area (Å²) < 4.78 is 0. The number of Topliss-reactive ketones (excluding diaryl/α,β-unsaturated/α-hetero) is 1. The van der Waals surface area contributed by atoms with Crippen molar-refractivity contribution in [3.63, 3.8) is 0 Å². The molecule has 1 amide bonds. The van der Waals surface area contributed by atoms with Crippen LogP contribution >= 0.6 is 24.0 Å². The Morgan fingerprint density at radius 1 is 1.13 bits per heavy atom. The van der Waals surface area contributed by atoms with Crippen LogP contribution < -0.4 is 5.73 Å². The molecule has 0 radical (unpaired) electrons. The monoisotopic (exact) mass is 356 g/mol. The van der Waals surface area contributed by atoms with Crippen molar-refractivity contribution in [3.8, 4) is 0 Å². The van der Waals surface area contributed by atoms with Crippen molar-refractivity contribution in [2.24, 2.45) is 17.6 Å². The van der Waals surface area contributed by atoms with Crippen LogP contribution in [0.4, 0.5) is 0 Å². The lowest BCUT2D eigenvalue weighted by molar-refractivity contribution is -0.130. The molecule has 126 valence electrons. The van der Waals surface area contributed by atoms with Gasteiger partial charge in [0.2, 0.25) is 5.91 Å². The second kappa shape index (κ2) is 7.65. The largest absolute Gasteiger partial charge is 0.342 e. The van der Waals surface area contributed by atoms with Gasteiger partial charge in [0, 0.05) is 42.6 Å². The molecular weight excluding hydrogens is 335 g/mol. The highest BCUT2D eigenvalue weighted by atomic mass is 35.5. The highest BCUT2D eigenvalue weighted by Gasteiger charge is 2.42. The maximum absolute atomic E-state index is 12.3. The molecular formula is C17H22Cl2N2O2. The second-order valence-corrected chi connectivity index (χ2v) is 6.83. The Morgan fingerprint density at radius 2 is 1.83 bits per heavy atom. The highest BCUT2D eigenvalue weighted by Crippen LogP contribution is 2.37. The van der Waals surface area contributed by atoms with Crippen LogP contribution in [-0.2, 0) is 4.79 Å². The van der Waals surface area contributed by atoms with Crippen LogP contribution in [0.25, 0.3) is 0 Å². The number of carbonyl (C=O) groups is 2. The first kappa shape index (κ1) is 18.2. The molecule has 0 aromatic heterocycles. The van der Waals surface area contributed by atoms with Crippen LogP contribution in [0.15, 0.2) is 24.3 Å². The predicted octanol–water partition coefficient (Wildman–Crippen LogP) is 2.92. The lowest BCUT2D eigenvalue weighted by Crippen LogP contribution is -2.33. The average molecular weight is 357 g/mol. The van der Waals surface area contributed by atoms with Gasteiger partial charge >= 0.3 is 0 Å².